The summed E-state index contributed by atoms with van der Waals surface area (Å²) in [4.78, 5) is 13.2. The SMILES string of the molecule is COc1ccc(C(c2cccc(OC)c2O)N2CCN(c3cnccn3)CC2)cc1. The fraction of sp³-hybridized carbons (Fsp3) is 0.304. The van der Waals surface area contributed by atoms with Crippen molar-refractivity contribution in [1.82, 2.24) is 14.9 Å². The van der Waals surface area contributed by atoms with Crippen LogP contribution in [0.25, 0.3) is 0 Å². The number of anilines is 1. The minimum atomic E-state index is -0.102. The Kier molecular flexibility index (Phi) is 5.99. The Bertz CT molecular complexity index is 958. The number of methoxy groups -OCH3 is 2. The van der Waals surface area contributed by atoms with Gasteiger partial charge in [0.15, 0.2) is 11.5 Å². The first-order valence-electron chi connectivity index (χ1n) is 9.96. The highest BCUT2D eigenvalue weighted by Crippen LogP contribution is 2.40. The molecule has 2 heterocycles. The van der Waals surface area contributed by atoms with Crippen LogP contribution in [-0.4, -0.2) is 60.4 Å². The second-order valence-electron chi connectivity index (χ2n) is 7.16. The molecule has 156 valence electrons. The molecule has 0 saturated carbocycles. The molecule has 1 aromatic heterocycles. The van der Waals surface area contributed by atoms with Crippen molar-refractivity contribution in [2.45, 2.75) is 6.04 Å². The summed E-state index contributed by atoms with van der Waals surface area (Å²) in [5, 5.41) is 10.9. The zero-order valence-corrected chi connectivity index (χ0v) is 17.2. The molecular weight excluding hydrogens is 380 g/mol. The van der Waals surface area contributed by atoms with Gasteiger partial charge in [0, 0.05) is 44.1 Å². The lowest BCUT2D eigenvalue weighted by molar-refractivity contribution is 0.208. The zero-order chi connectivity index (χ0) is 20.9. The summed E-state index contributed by atoms with van der Waals surface area (Å²) in [6.45, 7) is 3.31. The minimum Gasteiger partial charge on any atom is -0.504 e. The van der Waals surface area contributed by atoms with Gasteiger partial charge in [0.05, 0.1) is 26.5 Å². The van der Waals surface area contributed by atoms with Gasteiger partial charge in [-0.05, 0) is 23.8 Å². The number of aromatic hydroxyl groups is 1. The molecule has 3 aromatic rings. The van der Waals surface area contributed by atoms with Crippen LogP contribution in [0.4, 0.5) is 5.82 Å². The maximum Gasteiger partial charge on any atom is 0.162 e. The number of nitrogens with zero attached hydrogens (tertiary/aromatic N) is 4. The lowest BCUT2D eigenvalue weighted by atomic mass is 9.95. The van der Waals surface area contributed by atoms with E-state index in [1.54, 1.807) is 38.9 Å². The maximum absolute atomic E-state index is 10.9. The normalized spacial score (nSPS) is 15.6. The number of hydrogen-bond donors (Lipinski definition) is 1. The molecule has 1 aliphatic rings. The van der Waals surface area contributed by atoms with Gasteiger partial charge in [0.25, 0.3) is 0 Å². The molecule has 1 N–H and O–H groups in total. The van der Waals surface area contributed by atoms with Crippen molar-refractivity contribution in [3.63, 3.8) is 0 Å². The molecule has 0 aliphatic carbocycles. The van der Waals surface area contributed by atoms with E-state index in [9.17, 15) is 5.11 Å². The number of piperazine rings is 1. The van der Waals surface area contributed by atoms with Gasteiger partial charge < -0.3 is 19.5 Å². The summed E-state index contributed by atoms with van der Waals surface area (Å²) in [7, 11) is 3.23. The average molecular weight is 406 g/mol. The number of hydrogen-bond acceptors (Lipinski definition) is 7. The third kappa shape index (κ3) is 4.02. The van der Waals surface area contributed by atoms with Crippen LogP contribution in [-0.2, 0) is 0 Å². The Morgan fingerprint density at radius 3 is 2.33 bits per heavy atom. The van der Waals surface area contributed by atoms with E-state index in [1.165, 1.54) is 0 Å². The summed E-state index contributed by atoms with van der Waals surface area (Å²) in [5.74, 6) is 2.35. The predicted molar refractivity (Wildman–Crippen MR) is 115 cm³/mol. The number of ether oxygens (including phenoxy) is 2. The van der Waals surface area contributed by atoms with Crippen molar-refractivity contribution < 1.29 is 14.6 Å². The van der Waals surface area contributed by atoms with Crippen LogP contribution in [0, 0.1) is 0 Å². The fourth-order valence-electron chi connectivity index (χ4n) is 3.96. The first-order chi connectivity index (χ1) is 14.7. The van der Waals surface area contributed by atoms with Gasteiger partial charge in [-0.1, -0.05) is 24.3 Å². The molecule has 30 heavy (non-hydrogen) atoms. The molecule has 0 spiro atoms. The van der Waals surface area contributed by atoms with E-state index in [-0.39, 0.29) is 11.8 Å². The second kappa shape index (κ2) is 9.00. The van der Waals surface area contributed by atoms with E-state index < -0.39 is 0 Å². The van der Waals surface area contributed by atoms with E-state index in [1.807, 2.05) is 24.3 Å². The largest absolute Gasteiger partial charge is 0.504 e. The lowest BCUT2D eigenvalue weighted by Gasteiger charge is -2.40. The average Bonchev–Trinajstić information content (AvgIpc) is 2.82. The highest BCUT2D eigenvalue weighted by Gasteiger charge is 2.29. The smallest absolute Gasteiger partial charge is 0.162 e. The summed E-state index contributed by atoms with van der Waals surface area (Å²) in [5.41, 5.74) is 1.92. The Morgan fingerprint density at radius 1 is 0.933 bits per heavy atom. The van der Waals surface area contributed by atoms with E-state index >= 15 is 0 Å². The Hall–Kier alpha value is -3.32. The molecule has 2 aromatic carbocycles. The van der Waals surface area contributed by atoms with Crippen LogP contribution < -0.4 is 14.4 Å². The molecule has 1 unspecified atom stereocenters. The monoisotopic (exact) mass is 406 g/mol. The van der Waals surface area contributed by atoms with E-state index in [4.69, 9.17) is 9.47 Å². The molecule has 7 heteroatoms. The van der Waals surface area contributed by atoms with Crippen molar-refractivity contribution in [2.24, 2.45) is 0 Å². The highest BCUT2D eigenvalue weighted by molar-refractivity contribution is 5.50. The van der Waals surface area contributed by atoms with Gasteiger partial charge in [-0.3, -0.25) is 9.88 Å². The van der Waals surface area contributed by atoms with Gasteiger partial charge in [-0.15, -0.1) is 0 Å². The van der Waals surface area contributed by atoms with Crippen LogP contribution in [0.5, 0.6) is 17.2 Å². The van der Waals surface area contributed by atoms with Gasteiger partial charge in [0.1, 0.15) is 11.6 Å². The molecule has 1 atom stereocenters. The quantitative estimate of drug-likeness (QED) is 0.674. The van der Waals surface area contributed by atoms with Gasteiger partial charge >= 0.3 is 0 Å². The van der Waals surface area contributed by atoms with Crippen LogP contribution in [0.1, 0.15) is 17.2 Å². The van der Waals surface area contributed by atoms with Crippen molar-refractivity contribution >= 4 is 5.82 Å². The molecule has 0 bridgehead atoms. The number of phenols is 1. The number of phenolic OH excluding ortho intramolecular Hbond substituents is 1. The maximum atomic E-state index is 10.9. The van der Waals surface area contributed by atoms with Crippen molar-refractivity contribution in [3.05, 3.63) is 72.2 Å². The summed E-state index contributed by atoms with van der Waals surface area (Å²) in [6.07, 6.45) is 5.20. The molecule has 1 fully saturated rings. The number of aromatic nitrogens is 2. The number of para-hydroxylation sites is 1. The van der Waals surface area contributed by atoms with Crippen LogP contribution in [0.15, 0.2) is 61.1 Å². The molecule has 1 saturated heterocycles. The molecular formula is C23H26N4O3. The zero-order valence-electron chi connectivity index (χ0n) is 17.2. The molecule has 0 amide bonds. The topological polar surface area (TPSA) is 71.0 Å². The van der Waals surface area contributed by atoms with Gasteiger partial charge in [-0.25, -0.2) is 4.98 Å². The molecule has 4 rings (SSSR count). The molecule has 7 nitrogen and oxygen atoms in total. The highest BCUT2D eigenvalue weighted by atomic mass is 16.5. The van der Waals surface area contributed by atoms with E-state index in [0.717, 1.165) is 48.9 Å². The van der Waals surface area contributed by atoms with E-state index in [0.29, 0.717) is 5.75 Å². The van der Waals surface area contributed by atoms with Crippen LogP contribution in [0.3, 0.4) is 0 Å². The lowest BCUT2D eigenvalue weighted by Crippen LogP contribution is -2.48. The van der Waals surface area contributed by atoms with E-state index in [2.05, 4.69) is 31.9 Å². The van der Waals surface area contributed by atoms with Crippen molar-refractivity contribution in [1.29, 1.82) is 0 Å². The van der Waals surface area contributed by atoms with Crippen molar-refractivity contribution in [2.75, 3.05) is 45.3 Å². The Labute approximate surface area is 176 Å². The first-order valence-corrected chi connectivity index (χ1v) is 9.96. The third-order valence-corrected chi connectivity index (χ3v) is 5.53. The van der Waals surface area contributed by atoms with Crippen LogP contribution >= 0.6 is 0 Å². The summed E-state index contributed by atoms with van der Waals surface area (Å²) in [6, 6.07) is 13.6. The van der Waals surface area contributed by atoms with Crippen molar-refractivity contribution in [3.8, 4) is 17.2 Å². The standard InChI is InChI=1S/C23H26N4O3/c1-29-18-8-6-17(7-9-18)22(19-4-3-5-20(30-2)23(19)28)27-14-12-26(13-15-27)21-16-24-10-11-25-21/h3-11,16,22,28H,12-15H2,1-2H3. The predicted octanol–water partition coefficient (Wildman–Crippen LogP) is 3.11. The summed E-state index contributed by atoms with van der Waals surface area (Å²) >= 11 is 0. The fourth-order valence-corrected chi connectivity index (χ4v) is 3.96. The third-order valence-electron chi connectivity index (χ3n) is 5.53. The number of rotatable bonds is 6. The minimum absolute atomic E-state index is 0.102. The summed E-state index contributed by atoms with van der Waals surface area (Å²) < 4.78 is 10.7. The first kappa shape index (κ1) is 20.0. The molecule has 1 aliphatic heterocycles. The van der Waals surface area contributed by atoms with Crippen LogP contribution in [0.2, 0.25) is 0 Å². The van der Waals surface area contributed by atoms with Gasteiger partial charge in [0.2, 0.25) is 0 Å². The number of benzene rings is 2. The van der Waals surface area contributed by atoms with Gasteiger partial charge in [-0.2, -0.15) is 0 Å². The Balaban J connectivity index is 1.64. The molecule has 0 radical (unpaired) electrons. The Morgan fingerprint density at radius 2 is 1.70 bits per heavy atom. The second-order valence-corrected chi connectivity index (χ2v) is 7.16.